The van der Waals surface area contributed by atoms with Gasteiger partial charge in [-0.2, -0.15) is 0 Å². The summed E-state index contributed by atoms with van der Waals surface area (Å²) in [6.45, 7) is 1.48. The molecule has 186 valence electrons. The highest BCUT2D eigenvalue weighted by Gasteiger charge is 2.29. The van der Waals surface area contributed by atoms with E-state index >= 15 is 0 Å². The minimum Gasteiger partial charge on any atom is -0.493 e. The number of alkyl halides is 1. The summed E-state index contributed by atoms with van der Waals surface area (Å²) in [5, 5.41) is 2.49. The van der Waals surface area contributed by atoms with E-state index in [1.807, 2.05) is 11.0 Å². The Balaban J connectivity index is 0.000000453. The van der Waals surface area contributed by atoms with Crippen LogP contribution in [-0.2, 0) is 17.6 Å². The monoisotopic (exact) mass is 538 g/mol. The largest absolute Gasteiger partial charge is 0.493 e. The molecule has 2 aliphatic carbocycles. The van der Waals surface area contributed by atoms with Gasteiger partial charge >= 0.3 is 0 Å². The van der Waals surface area contributed by atoms with Crippen LogP contribution in [0, 0.1) is 11.8 Å². The second-order valence-corrected chi connectivity index (χ2v) is 10.7. The molecule has 6 heteroatoms. The Kier molecular flexibility index (Phi) is 7.66. The molecule has 1 unspecified atom stereocenters. The Morgan fingerprint density at radius 3 is 2.60 bits per heavy atom. The van der Waals surface area contributed by atoms with Crippen molar-refractivity contribution in [1.82, 2.24) is 9.88 Å². The molecule has 0 bridgehead atoms. The lowest BCUT2D eigenvalue weighted by molar-refractivity contribution is -0.120. The van der Waals surface area contributed by atoms with Crippen LogP contribution in [0.3, 0.4) is 0 Å². The molecule has 2 aromatic carbocycles. The summed E-state index contributed by atoms with van der Waals surface area (Å²) in [6, 6.07) is 12.6. The topological polar surface area (TPSA) is 54.6 Å². The fourth-order valence-corrected chi connectivity index (χ4v) is 5.49. The van der Waals surface area contributed by atoms with E-state index in [0.717, 1.165) is 61.8 Å². The SMILES string of the molecule is BrCC1CC1.COc1cc2c(cc1OCC1CC1)C(CCc1c[nH]c3ccccc13)N(C=O)CC2. The number of amides is 1. The summed E-state index contributed by atoms with van der Waals surface area (Å²) < 4.78 is 11.7. The van der Waals surface area contributed by atoms with Crippen LogP contribution in [0.15, 0.2) is 42.6 Å². The molecule has 5 nitrogen and oxygen atoms in total. The van der Waals surface area contributed by atoms with Crippen LogP contribution < -0.4 is 9.47 Å². The lowest BCUT2D eigenvalue weighted by Gasteiger charge is -2.35. The standard InChI is InChI=1S/C25H28N2O3.C4H7Br/c1-29-24-12-18-10-11-27(16-28)23(21(18)13-25(24)30-15-17-6-7-17)9-8-19-14-26-22-5-3-2-4-20(19)22;5-3-4-1-2-4/h2-5,12-14,16-17,23,26H,6-11,15H2,1H3;4H,1-3H2. The Labute approximate surface area is 216 Å². The van der Waals surface area contributed by atoms with Gasteiger partial charge in [0.25, 0.3) is 0 Å². The first kappa shape index (κ1) is 24.2. The molecule has 1 atom stereocenters. The molecule has 0 saturated heterocycles. The summed E-state index contributed by atoms with van der Waals surface area (Å²) in [5.74, 6) is 3.32. The molecular formula is C29H35BrN2O3. The number of rotatable bonds is 9. The number of aryl methyl sites for hydroxylation is 1. The Bertz CT molecular complexity index is 1150. The van der Waals surface area contributed by atoms with Crippen molar-refractivity contribution in [3.63, 3.8) is 0 Å². The van der Waals surface area contributed by atoms with Crippen molar-refractivity contribution in [2.45, 2.75) is 51.0 Å². The van der Waals surface area contributed by atoms with Crippen molar-refractivity contribution in [2.75, 3.05) is 25.6 Å². The zero-order valence-corrected chi connectivity index (χ0v) is 22.1. The molecule has 2 heterocycles. The first-order valence-electron chi connectivity index (χ1n) is 12.9. The molecule has 2 saturated carbocycles. The van der Waals surface area contributed by atoms with Crippen LogP contribution in [-0.4, -0.2) is 41.9 Å². The van der Waals surface area contributed by atoms with E-state index in [9.17, 15) is 4.79 Å². The van der Waals surface area contributed by atoms with Crippen molar-refractivity contribution >= 4 is 33.2 Å². The van der Waals surface area contributed by atoms with Gasteiger partial charge in [0.1, 0.15) is 0 Å². The van der Waals surface area contributed by atoms with Gasteiger partial charge in [-0.25, -0.2) is 0 Å². The average molecular weight is 540 g/mol. The van der Waals surface area contributed by atoms with Gasteiger partial charge in [-0.05, 0) is 91.7 Å². The number of aromatic amines is 1. The maximum Gasteiger partial charge on any atom is 0.210 e. The summed E-state index contributed by atoms with van der Waals surface area (Å²) in [5.41, 5.74) is 4.90. The van der Waals surface area contributed by atoms with Crippen molar-refractivity contribution in [3.8, 4) is 11.5 Å². The number of ether oxygens (including phenoxy) is 2. The number of halogens is 1. The van der Waals surface area contributed by atoms with Crippen LogP contribution >= 0.6 is 15.9 Å². The van der Waals surface area contributed by atoms with Crippen LogP contribution in [0.25, 0.3) is 10.9 Å². The molecule has 1 amide bonds. The van der Waals surface area contributed by atoms with Crippen molar-refractivity contribution in [1.29, 1.82) is 0 Å². The lowest BCUT2D eigenvalue weighted by Crippen LogP contribution is -2.34. The van der Waals surface area contributed by atoms with Crippen LogP contribution in [0.5, 0.6) is 11.5 Å². The molecule has 1 aliphatic heterocycles. The molecule has 6 rings (SSSR count). The Hall–Kier alpha value is -2.47. The number of nitrogens with one attached hydrogen (secondary N) is 1. The number of aromatic nitrogens is 1. The number of benzene rings is 2. The van der Waals surface area contributed by atoms with Gasteiger partial charge in [-0.3, -0.25) is 4.79 Å². The predicted octanol–water partition coefficient (Wildman–Crippen LogP) is 6.45. The van der Waals surface area contributed by atoms with E-state index < -0.39 is 0 Å². The maximum absolute atomic E-state index is 11.8. The van der Waals surface area contributed by atoms with E-state index in [-0.39, 0.29) is 6.04 Å². The minimum absolute atomic E-state index is 0.0501. The fourth-order valence-electron chi connectivity index (χ4n) is 4.84. The van der Waals surface area contributed by atoms with E-state index in [2.05, 4.69) is 57.4 Å². The van der Waals surface area contributed by atoms with Gasteiger partial charge in [-0.1, -0.05) is 34.1 Å². The van der Waals surface area contributed by atoms with E-state index in [4.69, 9.17) is 9.47 Å². The van der Waals surface area contributed by atoms with Gasteiger partial charge in [0.15, 0.2) is 11.5 Å². The lowest BCUT2D eigenvalue weighted by atomic mass is 9.88. The molecular weight excluding hydrogens is 504 g/mol. The number of carbonyl (C=O) groups is 1. The van der Waals surface area contributed by atoms with Gasteiger partial charge < -0.3 is 19.4 Å². The molecule has 0 radical (unpaired) electrons. The molecule has 1 N–H and O–H groups in total. The Morgan fingerprint density at radius 2 is 1.91 bits per heavy atom. The van der Waals surface area contributed by atoms with Gasteiger partial charge in [0, 0.05) is 29.0 Å². The third-order valence-corrected chi connectivity index (χ3v) is 8.32. The fraction of sp³-hybridized carbons (Fsp3) is 0.483. The summed E-state index contributed by atoms with van der Waals surface area (Å²) in [7, 11) is 1.70. The Morgan fingerprint density at radius 1 is 1.11 bits per heavy atom. The van der Waals surface area contributed by atoms with E-state index in [1.165, 1.54) is 53.1 Å². The molecule has 2 fully saturated rings. The van der Waals surface area contributed by atoms with Gasteiger partial charge in [-0.15, -0.1) is 0 Å². The van der Waals surface area contributed by atoms with E-state index in [0.29, 0.717) is 5.92 Å². The molecule has 1 aromatic heterocycles. The molecule has 0 spiro atoms. The number of fused-ring (bicyclic) bond motifs is 2. The van der Waals surface area contributed by atoms with Crippen LogP contribution in [0.1, 0.15) is 54.8 Å². The number of nitrogens with zero attached hydrogens (tertiary/aromatic N) is 1. The second-order valence-electron chi connectivity index (χ2n) is 10.1. The average Bonchev–Trinajstić information content (AvgIpc) is 3.84. The van der Waals surface area contributed by atoms with Crippen LogP contribution in [0.2, 0.25) is 0 Å². The molecule has 3 aromatic rings. The highest BCUT2D eigenvalue weighted by molar-refractivity contribution is 9.09. The van der Waals surface area contributed by atoms with Gasteiger partial charge in [0.05, 0.1) is 19.8 Å². The second kappa shape index (κ2) is 11.1. The van der Waals surface area contributed by atoms with E-state index in [1.54, 1.807) is 7.11 Å². The third kappa shape index (κ3) is 5.85. The van der Waals surface area contributed by atoms with Crippen molar-refractivity contribution < 1.29 is 14.3 Å². The zero-order chi connectivity index (χ0) is 24.2. The number of methoxy groups -OCH3 is 1. The first-order valence-corrected chi connectivity index (χ1v) is 14.0. The normalized spacial score (nSPS) is 19.0. The number of para-hydroxylation sites is 1. The van der Waals surface area contributed by atoms with Gasteiger partial charge in [0.2, 0.25) is 6.41 Å². The smallest absolute Gasteiger partial charge is 0.210 e. The number of H-pyrrole nitrogens is 1. The number of carbonyl (C=O) groups excluding carboxylic acids is 1. The minimum atomic E-state index is 0.0501. The summed E-state index contributed by atoms with van der Waals surface area (Å²) in [6.07, 6.45) is 11.1. The quantitative estimate of drug-likeness (QED) is 0.251. The highest BCUT2D eigenvalue weighted by Crippen LogP contribution is 2.41. The summed E-state index contributed by atoms with van der Waals surface area (Å²) >= 11 is 3.38. The number of hydrogen-bond acceptors (Lipinski definition) is 3. The predicted molar refractivity (Wildman–Crippen MR) is 144 cm³/mol. The first-order chi connectivity index (χ1) is 17.2. The molecule has 3 aliphatic rings. The van der Waals surface area contributed by atoms with Crippen molar-refractivity contribution in [2.24, 2.45) is 11.8 Å². The number of hydrogen-bond donors (Lipinski definition) is 1. The zero-order valence-electron chi connectivity index (χ0n) is 20.5. The summed E-state index contributed by atoms with van der Waals surface area (Å²) in [4.78, 5) is 17.1. The molecule has 35 heavy (non-hydrogen) atoms. The van der Waals surface area contributed by atoms with Crippen LogP contribution in [0.4, 0.5) is 0 Å². The highest BCUT2D eigenvalue weighted by atomic mass is 79.9. The van der Waals surface area contributed by atoms with Crippen molar-refractivity contribution in [3.05, 3.63) is 59.3 Å². The third-order valence-electron chi connectivity index (χ3n) is 7.41. The maximum atomic E-state index is 11.8.